The van der Waals surface area contributed by atoms with Crippen molar-refractivity contribution in [2.45, 2.75) is 100 Å². The lowest BCUT2D eigenvalue weighted by Crippen LogP contribution is -2.60. The van der Waals surface area contributed by atoms with Crippen LogP contribution in [-0.2, 0) is 0 Å². The number of nitrogens with zero attached hydrogens (tertiary/aromatic N) is 4. The van der Waals surface area contributed by atoms with Crippen LogP contribution in [0, 0.1) is 61.1 Å². The van der Waals surface area contributed by atoms with E-state index in [4.69, 9.17) is 26.8 Å². The predicted molar refractivity (Wildman–Crippen MR) is 307 cm³/mol. The van der Waals surface area contributed by atoms with Crippen molar-refractivity contribution >= 4 is 12.6 Å². The van der Waals surface area contributed by atoms with Crippen molar-refractivity contribution in [1.82, 2.24) is 0 Å². The Morgan fingerprint density at radius 3 is 0.824 bits per heavy atom. The van der Waals surface area contributed by atoms with Gasteiger partial charge in [0.05, 0.1) is 86.1 Å². The van der Waals surface area contributed by atoms with Gasteiger partial charge < -0.3 is 18.7 Å². The van der Waals surface area contributed by atoms with Gasteiger partial charge in [-0.3, -0.25) is 0 Å². The van der Waals surface area contributed by atoms with E-state index in [-0.39, 0.29) is 31.8 Å². The molecule has 0 fully saturated rings. The fourth-order valence-corrected chi connectivity index (χ4v) is 13.0. The van der Waals surface area contributed by atoms with Gasteiger partial charge in [0.2, 0.25) is 0 Å². The number of nitriles is 3. The van der Waals surface area contributed by atoms with Gasteiger partial charge in [-0.25, -0.2) is 0 Å². The zero-order valence-electron chi connectivity index (χ0n) is 46.2. The van der Waals surface area contributed by atoms with E-state index >= 15 is 0 Å². The van der Waals surface area contributed by atoms with Crippen molar-refractivity contribution in [1.29, 1.82) is 15.8 Å². The first-order valence-electron chi connectivity index (χ1n) is 25.9. The van der Waals surface area contributed by atoms with Gasteiger partial charge in [0.1, 0.15) is 17.2 Å². The molecule has 0 saturated carbocycles. The topological polar surface area (TPSA) is 99.1 Å². The summed E-state index contributed by atoms with van der Waals surface area (Å²) < 4.78 is 20.1. The molecule has 1 unspecified atom stereocenters. The molecule has 0 bridgehead atoms. The second-order valence-electron chi connectivity index (χ2n) is 25.4. The fraction of sp³-hybridized carbons (Fsp3) is 0.409. The van der Waals surface area contributed by atoms with E-state index in [2.05, 4.69) is 138 Å². The predicted octanol–water partition coefficient (Wildman–Crippen LogP) is 16.3. The normalized spacial score (nSPS) is 13.2. The van der Waals surface area contributed by atoms with Crippen molar-refractivity contribution in [3.63, 3.8) is 0 Å². The molecular weight excluding hydrogens is 929 g/mol. The third-order valence-corrected chi connectivity index (χ3v) is 13.9. The third kappa shape index (κ3) is 17.3. The van der Waals surface area contributed by atoms with E-state index in [9.17, 15) is 15.8 Å². The lowest BCUT2D eigenvalue weighted by atomic mass is 9.72. The lowest BCUT2D eigenvalue weighted by Gasteiger charge is -2.50. The molecule has 1 atom stereocenters. The summed E-state index contributed by atoms with van der Waals surface area (Å²) in [6.45, 7) is 30.4. The minimum atomic E-state index is -0.321. The van der Waals surface area contributed by atoms with E-state index in [0.717, 1.165) is 94.0 Å². The molecule has 7 nitrogen and oxygen atoms in total. The Labute approximate surface area is 449 Å². The molecule has 0 aliphatic rings. The van der Waals surface area contributed by atoms with Gasteiger partial charge in [0.25, 0.3) is 0 Å². The number of hydrogen-bond acceptors (Lipinski definition) is 7. The summed E-state index contributed by atoms with van der Waals surface area (Å²) in [5.41, 5.74) is 7.92. The maximum atomic E-state index is 9.23. The standard InChI is InChI=1S/C66H78N4O3S/c1-61(2,40-63(5,6)46-71-58-31-25-55(26-32-58)52-19-13-49(37-67)14-20-52)43-70(12,44-62(3,4)41-64(7,8)47-72-59-33-27-56(28-34-59)53-21-15-50(38-68)16-22-53)45-66(11,74)42-65(9,10)48-73-60-35-29-57(30-36-60)54-23-17-51(39-69)18-24-54/h13-36H,40-48H2,1-12H3/p+1. The van der Waals surface area contributed by atoms with Crippen LogP contribution in [0.25, 0.3) is 33.4 Å². The Hall–Kier alpha value is -6.50. The van der Waals surface area contributed by atoms with E-state index in [1.165, 1.54) is 0 Å². The van der Waals surface area contributed by atoms with Crippen LogP contribution >= 0.6 is 12.6 Å². The molecule has 8 heteroatoms. The number of quaternary nitrogens is 1. The van der Waals surface area contributed by atoms with Gasteiger partial charge in [-0.2, -0.15) is 28.4 Å². The highest BCUT2D eigenvalue weighted by Gasteiger charge is 2.45. The van der Waals surface area contributed by atoms with Gasteiger partial charge >= 0.3 is 0 Å². The minimum Gasteiger partial charge on any atom is -0.493 e. The Morgan fingerprint density at radius 1 is 0.351 bits per heavy atom. The van der Waals surface area contributed by atoms with Crippen LogP contribution < -0.4 is 14.2 Å². The van der Waals surface area contributed by atoms with Crippen LogP contribution in [0.4, 0.5) is 0 Å². The highest BCUT2D eigenvalue weighted by Crippen LogP contribution is 2.43. The summed E-state index contributed by atoms with van der Waals surface area (Å²) in [7, 11) is 2.45. The summed E-state index contributed by atoms with van der Waals surface area (Å²) >= 11 is 5.56. The number of hydrogen-bond donors (Lipinski definition) is 1. The van der Waals surface area contributed by atoms with Crippen LogP contribution in [-0.4, -0.2) is 55.7 Å². The number of benzene rings is 6. The van der Waals surface area contributed by atoms with Gasteiger partial charge in [0, 0.05) is 16.2 Å². The fourth-order valence-electron chi connectivity index (χ4n) is 12.3. The van der Waals surface area contributed by atoms with Crippen LogP contribution in [0.2, 0.25) is 0 Å². The first-order valence-corrected chi connectivity index (χ1v) is 26.4. The first kappa shape index (κ1) is 56.8. The average molecular weight is 1010 g/mol. The van der Waals surface area contributed by atoms with Gasteiger partial charge in [0.15, 0.2) is 0 Å². The SMILES string of the molecule is CC(C)(COc1ccc(-c2ccc(C#N)cc2)cc1)CC(C)(C)C[N+](C)(CC(C)(C)CC(C)(C)COc1ccc(-c2ccc(C#N)cc2)cc1)CC(C)(S)CC(C)(C)COc1ccc(-c2ccc(C#N)cc2)cc1. The van der Waals surface area contributed by atoms with Crippen LogP contribution in [0.3, 0.4) is 0 Å². The summed E-state index contributed by atoms with van der Waals surface area (Å²) in [5.74, 6) is 2.53. The molecule has 386 valence electrons. The molecule has 0 heterocycles. The number of rotatable bonds is 24. The van der Waals surface area contributed by atoms with Crippen LogP contribution in [0.5, 0.6) is 17.2 Å². The maximum absolute atomic E-state index is 9.23. The van der Waals surface area contributed by atoms with Gasteiger partial charge in [-0.15, -0.1) is 0 Å². The number of ether oxygens (including phenoxy) is 3. The Balaban J connectivity index is 1.14. The first-order chi connectivity index (χ1) is 34.7. The minimum absolute atomic E-state index is 0.0495. The number of thiol groups is 1. The summed E-state index contributed by atoms with van der Waals surface area (Å²) in [6, 6.07) is 54.3. The van der Waals surface area contributed by atoms with Crippen molar-refractivity contribution < 1.29 is 18.7 Å². The average Bonchev–Trinajstić information content (AvgIpc) is 3.33. The second-order valence-corrected chi connectivity index (χ2v) is 26.5. The molecule has 6 rings (SSSR count). The molecule has 74 heavy (non-hydrogen) atoms. The lowest BCUT2D eigenvalue weighted by molar-refractivity contribution is -0.923. The van der Waals surface area contributed by atoms with Crippen LogP contribution in [0.15, 0.2) is 146 Å². The van der Waals surface area contributed by atoms with E-state index < -0.39 is 0 Å². The zero-order chi connectivity index (χ0) is 54.0. The van der Waals surface area contributed by atoms with E-state index in [0.29, 0.717) is 36.5 Å². The molecule has 0 aliphatic heterocycles. The smallest absolute Gasteiger partial charge is 0.119 e. The monoisotopic (exact) mass is 1010 g/mol. The van der Waals surface area contributed by atoms with E-state index in [1.807, 2.05) is 109 Å². The molecule has 0 N–H and O–H groups in total. The molecule has 0 aromatic heterocycles. The quantitative estimate of drug-likeness (QED) is 0.0479. The summed E-state index contributed by atoms with van der Waals surface area (Å²) in [4.78, 5) is 0. The Kier molecular flexibility index (Phi) is 17.9. The Bertz CT molecular complexity index is 2580. The van der Waals surface area contributed by atoms with E-state index in [1.54, 1.807) is 0 Å². The molecule has 0 aliphatic carbocycles. The third-order valence-electron chi connectivity index (χ3n) is 13.6. The van der Waals surface area contributed by atoms with Gasteiger partial charge in [-0.1, -0.05) is 142 Å². The summed E-state index contributed by atoms with van der Waals surface area (Å²) in [5, 5.41) is 27.7. The molecule has 0 spiro atoms. The molecule has 0 radical (unpaired) electrons. The molecule has 6 aromatic rings. The second kappa shape index (κ2) is 23.4. The van der Waals surface area contributed by atoms with Crippen molar-refractivity contribution in [2.75, 3.05) is 46.5 Å². The highest BCUT2D eigenvalue weighted by atomic mass is 32.1. The van der Waals surface area contributed by atoms with Crippen molar-refractivity contribution in [2.24, 2.45) is 27.1 Å². The Morgan fingerprint density at radius 2 is 0.581 bits per heavy atom. The van der Waals surface area contributed by atoms with Crippen LogP contribution in [0.1, 0.15) is 112 Å². The molecule has 0 saturated heterocycles. The van der Waals surface area contributed by atoms with Crippen molar-refractivity contribution in [3.8, 4) is 68.8 Å². The zero-order valence-corrected chi connectivity index (χ0v) is 47.1. The summed E-state index contributed by atoms with van der Waals surface area (Å²) in [6.07, 6.45) is 2.79. The maximum Gasteiger partial charge on any atom is 0.119 e. The highest BCUT2D eigenvalue weighted by molar-refractivity contribution is 7.81. The molecule has 0 amide bonds. The molecular formula is C66H79N4O3S+. The molecule has 6 aromatic carbocycles. The van der Waals surface area contributed by atoms with Crippen molar-refractivity contribution in [3.05, 3.63) is 162 Å². The largest absolute Gasteiger partial charge is 0.493 e. The van der Waals surface area contributed by atoms with Gasteiger partial charge in [-0.05, 0) is 143 Å².